The molecule has 0 aliphatic rings. The van der Waals surface area contributed by atoms with Crippen molar-refractivity contribution in [2.24, 2.45) is 0 Å². The third-order valence-corrected chi connectivity index (χ3v) is 3.59. The second-order valence-electron chi connectivity index (χ2n) is 5.04. The minimum Gasteiger partial charge on any atom is -0.497 e. The summed E-state index contributed by atoms with van der Waals surface area (Å²) < 4.78 is 20.5. The first-order valence-corrected chi connectivity index (χ1v) is 7.58. The molecule has 2 rings (SSSR count). The van der Waals surface area contributed by atoms with E-state index < -0.39 is 11.8 Å². The number of hydrogen-bond acceptors (Lipinski definition) is 6. The van der Waals surface area contributed by atoms with Crippen LogP contribution in [-0.2, 0) is 0 Å². The van der Waals surface area contributed by atoms with Crippen molar-refractivity contribution in [3.8, 4) is 23.0 Å². The average molecular weight is 360 g/mol. The molecule has 0 aromatic heterocycles. The van der Waals surface area contributed by atoms with Gasteiger partial charge in [0, 0.05) is 5.56 Å². The normalized spacial score (nSPS) is 9.85. The second-order valence-corrected chi connectivity index (χ2v) is 5.04. The molecule has 0 aliphatic heterocycles. The van der Waals surface area contributed by atoms with E-state index in [0.29, 0.717) is 28.6 Å². The number of carbonyl (C=O) groups is 2. The Labute approximate surface area is 151 Å². The second kappa shape index (κ2) is 8.61. The van der Waals surface area contributed by atoms with Crippen LogP contribution in [-0.4, -0.2) is 40.3 Å². The van der Waals surface area contributed by atoms with E-state index in [1.54, 1.807) is 24.3 Å². The van der Waals surface area contributed by atoms with Gasteiger partial charge in [-0.15, -0.1) is 0 Å². The number of methoxy groups -OCH3 is 4. The molecule has 2 aromatic carbocycles. The minimum atomic E-state index is -0.547. The molecule has 2 aromatic rings. The summed E-state index contributed by atoms with van der Waals surface area (Å²) >= 11 is 0. The summed E-state index contributed by atoms with van der Waals surface area (Å²) in [6.45, 7) is 0. The lowest BCUT2D eigenvalue weighted by atomic mass is 10.1. The molecule has 2 N–H and O–H groups in total. The Morgan fingerprint density at radius 1 is 0.692 bits per heavy atom. The molecule has 0 saturated heterocycles. The molecule has 0 aliphatic carbocycles. The van der Waals surface area contributed by atoms with Crippen LogP contribution in [0.4, 0.5) is 0 Å². The molecule has 8 heteroatoms. The Balaban J connectivity index is 2.11. The molecule has 8 nitrogen and oxygen atoms in total. The number of amides is 2. The van der Waals surface area contributed by atoms with Gasteiger partial charge in [-0.25, -0.2) is 0 Å². The quantitative estimate of drug-likeness (QED) is 0.763. The molecule has 0 unspecified atom stereocenters. The molecule has 0 spiro atoms. The lowest BCUT2D eigenvalue weighted by Gasteiger charge is -2.12. The fourth-order valence-electron chi connectivity index (χ4n) is 2.22. The average Bonchev–Trinajstić information content (AvgIpc) is 2.70. The predicted octanol–water partition coefficient (Wildman–Crippen LogP) is 1.80. The van der Waals surface area contributed by atoms with Gasteiger partial charge in [0.25, 0.3) is 11.8 Å². The van der Waals surface area contributed by atoms with E-state index in [1.807, 2.05) is 0 Å². The Morgan fingerprint density at radius 2 is 1.31 bits per heavy atom. The third kappa shape index (κ3) is 4.15. The van der Waals surface area contributed by atoms with Crippen molar-refractivity contribution in [2.45, 2.75) is 0 Å². The summed E-state index contributed by atoms with van der Waals surface area (Å²) in [5.74, 6) is 0.678. The maximum atomic E-state index is 12.3. The highest BCUT2D eigenvalue weighted by atomic mass is 16.5. The van der Waals surface area contributed by atoms with Gasteiger partial charge in [-0.1, -0.05) is 0 Å². The van der Waals surface area contributed by atoms with Gasteiger partial charge in [-0.3, -0.25) is 20.4 Å². The Hall–Kier alpha value is -3.42. The van der Waals surface area contributed by atoms with Crippen LogP contribution in [0, 0.1) is 0 Å². The summed E-state index contributed by atoms with van der Waals surface area (Å²) in [5.41, 5.74) is 5.20. The molecule has 0 fully saturated rings. The van der Waals surface area contributed by atoms with Crippen LogP contribution < -0.4 is 29.8 Å². The number of carbonyl (C=O) groups excluding carboxylic acids is 2. The molecule has 138 valence electrons. The van der Waals surface area contributed by atoms with Crippen molar-refractivity contribution < 1.29 is 28.5 Å². The van der Waals surface area contributed by atoms with Gasteiger partial charge in [0.2, 0.25) is 0 Å². The van der Waals surface area contributed by atoms with Crippen molar-refractivity contribution in [1.29, 1.82) is 0 Å². The highest BCUT2D eigenvalue weighted by Crippen LogP contribution is 2.27. The minimum absolute atomic E-state index is 0.222. The Kier molecular flexibility index (Phi) is 6.26. The highest BCUT2D eigenvalue weighted by Gasteiger charge is 2.16. The van der Waals surface area contributed by atoms with Crippen LogP contribution in [0.25, 0.3) is 0 Å². The number of hydrazine groups is 1. The van der Waals surface area contributed by atoms with Crippen LogP contribution >= 0.6 is 0 Å². The van der Waals surface area contributed by atoms with Gasteiger partial charge in [-0.2, -0.15) is 0 Å². The van der Waals surface area contributed by atoms with Crippen LogP contribution in [0.5, 0.6) is 23.0 Å². The number of nitrogens with one attached hydrogen (secondary N) is 2. The lowest BCUT2D eigenvalue weighted by molar-refractivity contribution is 0.0844. The molecule has 0 atom stereocenters. The van der Waals surface area contributed by atoms with E-state index >= 15 is 0 Å². The lowest BCUT2D eigenvalue weighted by Crippen LogP contribution is -2.41. The van der Waals surface area contributed by atoms with Crippen LogP contribution in [0.3, 0.4) is 0 Å². The van der Waals surface area contributed by atoms with Gasteiger partial charge in [0.1, 0.15) is 11.5 Å². The Morgan fingerprint density at radius 3 is 1.92 bits per heavy atom. The van der Waals surface area contributed by atoms with E-state index in [0.717, 1.165) is 0 Å². The maximum absolute atomic E-state index is 12.3. The number of benzene rings is 2. The van der Waals surface area contributed by atoms with Crippen LogP contribution in [0.15, 0.2) is 36.4 Å². The summed E-state index contributed by atoms with van der Waals surface area (Å²) in [5, 5.41) is 0. The fraction of sp³-hybridized carbons (Fsp3) is 0.222. The SMILES string of the molecule is COc1ccc(OC)c(C(=O)NNC(=O)c2ccc(OC)c(OC)c2)c1. The standard InChI is InChI=1S/C18H20N2O6/c1-23-12-6-8-14(24-2)13(10-12)18(22)20-19-17(21)11-5-7-15(25-3)16(9-11)26-4/h5-10H,1-4H3,(H,19,21)(H,20,22). The van der Waals surface area contributed by atoms with Crippen molar-refractivity contribution in [3.05, 3.63) is 47.5 Å². The molecular formula is C18H20N2O6. The monoisotopic (exact) mass is 360 g/mol. The van der Waals surface area contributed by atoms with Gasteiger partial charge < -0.3 is 18.9 Å². The molecule has 0 bridgehead atoms. The molecule has 0 heterocycles. The van der Waals surface area contributed by atoms with Gasteiger partial charge in [-0.05, 0) is 36.4 Å². The summed E-state index contributed by atoms with van der Waals surface area (Å²) in [6, 6.07) is 9.43. The van der Waals surface area contributed by atoms with Crippen LogP contribution in [0.1, 0.15) is 20.7 Å². The van der Waals surface area contributed by atoms with E-state index in [2.05, 4.69) is 10.9 Å². The van der Waals surface area contributed by atoms with Crippen LogP contribution in [0.2, 0.25) is 0 Å². The first-order chi connectivity index (χ1) is 12.5. The Bertz CT molecular complexity index is 806. The smallest absolute Gasteiger partial charge is 0.273 e. The highest BCUT2D eigenvalue weighted by molar-refractivity contribution is 6.01. The zero-order valence-electron chi connectivity index (χ0n) is 14.9. The number of hydrogen-bond donors (Lipinski definition) is 2. The summed E-state index contributed by atoms with van der Waals surface area (Å²) in [4.78, 5) is 24.6. The largest absolute Gasteiger partial charge is 0.497 e. The predicted molar refractivity (Wildman–Crippen MR) is 94.0 cm³/mol. The molecule has 0 saturated carbocycles. The van der Waals surface area contributed by atoms with E-state index in [4.69, 9.17) is 18.9 Å². The van der Waals surface area contributed by atoms with E-state index in [1.165, 1.54) is 40.6 Å². The number of rotatable bonds is 6. The number of ether oxygens (including phenoxy) is 4. The van der Waals surface area contributed by atoms with Crippen molar-refractivity contribution >= 4 is 11.8 Å². The molecule has 2 amide bonds. The maximum Gasteiger partial charge on any atom is 0.273 e. The summed E-state index contributed by atoms with van der Waals surface area (Å²) in [7, 11) is 5.90. The van der Waals surface area contributed by atoms with Gasteiger partial charge >= 0.3 is 0 Å². The molecule has 0 radical (unpaired) electrons. The fourth-order valence-corrected chi connectivity index (χ4v) is 2.22. The van der Waals surface area contributed by atoms with Crippen molar-refractivity contribution in [1.82, 2.24) is 10.9 Å². The van der Waals surface area contributed by atoms with Gasteiger partial charge in [0.15, 0.2) is 11.5 Å². The molecule has 26 heavy (non-hydrogen) atoms. The third-order valence-electron chi connectivity index (χ3n) is 3.59. The zero-order valence-corrected chi connectivity index (χ0v) is 14.9. The zero-order chi connectivity index (χ0) is 19.1. The van der Waals surface area contributed by atoms with E-state index in [9.17, 15) is 9.59 Å². The first kappa shape index (κ1) is 18.9. The van der Waals surface area contributed by atoms with E-state index in [-0.39, 0.29) is 5.56 Å². The summed E-state index contributed by atoms with van der Waals surface area (Å²) in [6.07, 6.45) is 0. The van der Waals surface area contributed by atoms with Crippen molar-refractivity contribution in [2.75, 3.05) is 28.4 Å². The first-order valence-electron chi connectivity index (χ1n) is 7.58. The molecular weight excluding hydrogens is 340 g/mol. The van der Waals surface area contributed by atoms with Gasteiger partial charge in [0.05, 0.1) is 34.0 Å². The van der Waals surface area contributed by atoms with Crippen molar-refractivity contribution in [3.63, 3.8) is 0 Å². The topological polar surface area (TPSA) is 95.1 Å².